The number of nitrogens with zero attached hydrogens (tertiary/aromatic N) is 4. The van der Waals surface area contributed by atoms with E-state index in [0.29, 0.717) is 18.6 Å². The maximum atomic E-state index is 12.7. The molecule has 2 aromatic rings. The lowest BCUT2D eigenvalue weighted by molar-refractivity contribution is -0.137. The zero-order valence-corrected chi connectivity index (χ0v) is 34.9. The second-order valence-corrected chi connectivity index (χ2v) is 18.6. The number of thioether (sulfide) groups is 1. The van der Waals surface area contributed by atoms with Crippen LogP contribution in [0.3, 0.4) is 0 Å². The fraction of sp³-hybridized carbons (Fsp3) is 0.621. The van der Waals surface area contributed by atoms with Crippen molar-refractivity contribution in [3.05, 3.63) is 24.8 Å². The molecule has 0 bridgehead atoms. The van der Waals surface area contributed by atoms with Crippen molar-refractivity contribution in [1.82, 2.24) is 30.2 Å². The minimum Gasteiger partial charge on any atom is -0.481 e. The largest absolute Gasteiger partial charge is 0.481 e. The molecule has 59 heavy (non-hydrogen) atoms. The van der Waals surface area contributed by atoms with Crippen LogP contribution in [-0.2, 0) is 55.5 Å². The summed E-state index contributed by atoms with van der Waals surface area (Å²) in [5.41, 5.74) is 4.22. The predicted molar refractivity (Wildman–Crippen MR) is 202 cm³/mol. The molecule has 0 saturated carbocycles. The number of carbonyl (C=O) groups excluding carboxylic acids is 3. The van der Waals surface area contributed by atoms with E-state index in [1.54, 1.807) is 6.08 Å². The third-order valence-corrected chi connectivity index (χ3v) is 12.0. The van der Waals surface area contributed by atoms with Crippen molar-refractivity contribution in [3.63, 3.8) is 0 Å². The topological polar surface area (TPSA) is 401 Å². The molecule has 0 radical (unpaired) electrons. The number of nitrogens with two attached hydrogens (primary N) is 1. The van der Waals surface area contributed by atoms with E-state index in [9.17, 15) is 62.7 Å². The number of rotatable bonds is 25. The molecule has 11 N–H and O–H groups in total. The van der Waals surface area contributed by atoms with Crippen LogP contribution in [0.1, 0.15) is 52.2 Å². The Labute approximate surface area is 339 Å². The van der Waals surface area contributed by atoms with Crippen LogP contribution < -0.4 is 16.4 Å². The number of aliphatic hydroxyl groups is 2. The minimum absolute atomic E-state index is 0.0222. The van der Waals surface area contributed by atoms with Gasteiger partial charge in [-0.3, -0.25) is 37.3 Å². The van der Waals surface area contributed by atoms with Crippen LogP contribution in [0.5, 0.6) is 0 Å². The fourth-order valence-corrected chi connectivity index (χ4v) is 8.58. The smallest absolute Gasteiger partial charge is 0.481 e. The van der Waals surface area contributed by atoms with Gasteiger partial charge in [0.05, 0.1) is 26.0 Å². The number of aliphatic hydroxyl groups excluding tert-OH is 2. The Hall–Kier alpha value is -3.23. The summed E-state index contributed by atoms with van der Waals surface area (Å²) in [4.78, 5) is 98.0. The van der Waals surface area contributed by atoms with E-state index in [1.165, 1.54) is 19.9 Å². The van der Waals surface area contributed by atoms with Crippen molar-refractivity contribution < 1.29 is 90.4 Å². The summed E-state index contributed by atoms with van der Waals surface area (Å²) in [6.45, 7) is 0.352. The van der Waals surface area contributed by atoms with E-state index >= 15 is 0 Å². The van der Waals surface area contributed by atoms with Gasteiger partial charge >= 0.3 is 29.4 Å². The van der Waals surface area contributed by atoms with E-state index < -0.39 is 90.5 Å². The third-order valence-electron chi connectivity index (χ3n) is 7.98. The number of amides is 2. The molecule has 3 rings (SSSR count). The molecule has 0 spiro atoms. The Morgan fingerprint density at radius 2 is 1.73 bits per heavy atom. The van der Waals surface area contributed by atoms with Gasteiger partial charge in [0, 0.05) is 37.1 Å². The predicted octanol–water partition coefficient (Wildman–Crippen LogP) is -0.134. The molecule has 7 unspecified atom stereocenters. The third kappa shape index (κ3) is 16.6. The Bertz CT molecular complexity index is 1970. The molecule has 2 amide bonds. The molecule has 7 atom stereocenters. The first-order chi connectivity index (χ1) is 27.4. The molecular formula is C29H46N7O19P3S. The zero-order chi connectivity index (χ0) is 44.2. The highest BCUT2D eigenvalue weighted by molar-refractivity contribution is 8.13. The highest BCUT2D eigenvalue weighted by Gasteiger charge is 2.50. The van der Waals surface area contributed by atoms with Crippen LogP contribution in [-0.4, -0.2) is 134 Å². The molecule has 30 heteroatoms. The molecule has 3 heterocycles. The quantitative estimate of drug-likeness (QED) is 0.0352. The maximum absolute atomic E-state index is 12.7. The zero-order valence-electron chi connectivity index (χ0n) is 31.4. The average molecular weight is 922 g/mol. The summed E-state index contributed by atoms with van der Waals surface area (Å²) in [5, 5.41) is 34.8. The van der Waals surface area contributed by atoms with Crippen molar-refractivity contribution in [1.29, 1.82) is 0 Å². The molecule has 2 aromatic heterocycles. The van der Waals surface area contributed by atoms with Crippen LogP contribution in [0.25, 0.3) is 11.2 Å². The van der Waals surface area contributed by atoms with E-state index in [1.807, 2.05) is 0 Å². The lowest BCUT2D eigenvalue weighted by Crippen LogP contribution is -2.46. The van der Waals surface area contributed by atoms with Gasteiger partial charge in [0.25, 0.3) is 0 Å². The number of phosphoric acid groups is 3. The number of carbonyl (C=O) groups is 4. The first kappa shape index (κ1) is 50.1. The Balaban J connectivity index is 1.43. The van der Waals surface area contributed by atoms with Gasteiger partial charge in [0.2, 0.25) is 11.8 Å². The molecule has 1 aliphatic rings. The van der Waals surface area contributed by atoms with E-state index in [4.69, 9.17) is 24.6 Å². The Kier molecular flexibility index (Phi) is 18.7. The number of hydrogen-bond donors (Lipinski definition) is 10. The lowest BCUT2D eigenvalue weighted by atomic mass is 9.87. The standard InChI is InChI=1S/C29H46N7O19P3S/c1-29(2,24(42)27(43)32-10-9-18(37)31-11-12-59-20(40)8-6-4-3-5-7-19(38)39)14-52-58(49,50)55-57(47,48)51-13-17-23(54-56(44,45)46)22(41)28(53-17)36-16-35-21-25(30)33-15-34-26(21)36/h3,5,15-17,22-24,28,41-42H,4,6-14H2,1-2H3,(H,31,37)(H,32,43)(H,38,39)(H,47,48)(H,49,50)(H2,30,33,34)(H2,44,45,46)/b5-3+. The normalized spacial score (nSPS) is 21.2. The van der Waals surface area contributed by atoms with Gasteiger partial charge < -0.3 is 56.0 Å². The number of unbranched alkanes of at least 4 members (excludes halogenated alkanes) is 1. The monoisotopic (exact) mass is 921 g/mol. The molecular weight excluding hydrogens is 875 g/mol. The number of carboxylic acids is 1. The molecule has 0 aromatic carbocycles. The fourth-order valence-electron chi connectivity index (χ4n) is 5.03. The molecule has 1 aliphatic heterocycles. The van der Waals surface area contributed by atoms with Crippen molar-refractivity contribution in [2.24, 2.45) is 5.41 Å². The molecule has 26 nitrogen and oxygen atoms in total. The summed E-state index contributed by atoms with van der Waals surface area (Å²) in [6.07, 6.45) is -2.55. The van der Waals surface area contributed by atoms with Crippen LogP contribution >= 0.6 is 35.2 Å². The van der Waals surface area contributed by atoms with Crippen molar-refractivity contribution in [3.8, 4) is 0 Å². The van der Waals surface area contributed by atoms with Crippen LogP contribution in [0, 0.1) is 5.41 Å². The van der Waals surface area contributed by atoms with Gasteiger partial charge in [-0.05, 0) is 12.8 Å². The number of allylic oxidation sites excluding steroid dienone is 1. The summed E-state index contributed by atoms with van der Waals surface area (Å²) in [7, 11) is -16.4. The van der Waals surface area contributed by atoms with Crippen LogP contribution in [0.15, 0.2) is 24.8 Å². The number of nitrogens with one attached hydrogen (secondary N) is 2. The summed E-state index contributed by atoms with van der Waals surface area (Å²) < 4.78 is 62.1. The number of aliphatic carboxylic acids is 1. The number of aromatic nitrogens is 4. The molecule has 0 aliphatic carbocycles. The highest BCUT2D eigenvalue weighted by Crippen LogP contribution is 2.61. The maximum Gasteiger partial charge on any atom is 0.481 e. The second kappa shape index (κ2) is 22.0. The van der Waals surface area contributed by atoms with Gasteiger partial charge in [0.1, 0.15) is 36.3 Å². The number of hydrogen-bond acceptors (Lipinski definition) is 19. The van der Waals surface area contributed by atoms with Crippen molar-refractivity contribution in [2.45, 2.75) is 76.6 Å². The first-order valence-corrected chi connectivity index (χ1v) is 22.8. The van der Waals surface area contributed by atoms with E-state index in [0.717, 1.165) is 29.0 Å². The molecule has 332 valence electrons. The SMILES string of the molecule is CC(C)(COP(=O)(O)OP(=O)(O)OCC1OC(n2cnc3c(N)ncnc32)C(O)C1OP(=O)(O)O)C(O)C(=O)NCCC(=O)NCCSC(=O)CCC/C=C/CC(=O)O. The minimum atomic E-state index is -5.59. The number of nitrogen functional groups attached to an aromatic ring is 1. The first-order valence-electron chi connectivity index (χ1n) is 17.3. The van der Waals surface area contributed by atoms with Crippen molar-refractivity contribution in [2.75, 3.05) is 37.8 Å². The van der Waals surface area contributed by atoms with Crippen molar-refractivity contribution >= 4 is 75.1 Å². The van der Waals surface area contributed by atoms with E-state index in [2.05, 4.69) is 34.4 Å². The van der Waals surface area contributed by atoms with Crippen LogP contribution in [0.4, 0.5) is 5.82 Å². The molecule has 1 fully saturated rings. The van der Waals surface area contributed by atoms with Crippen LogP contribution in [0.2, 0.25) is 0 Å². The van der Waals surface area contributed by atoms with E-state index in [-0.39, 0.29) is 54.4 Å². The van der Waals surface area contributed by atoms with Gasteiger partial charge in [-0.1, -0.05) is 37.8 Å². The summed E-state index contributed by atoms with van der Waals surface area (Å²) in [5.74, 6) is -2.18. The number of carboxylic acid groups (broad SMARTS) is 1. The second-order valence-electron chi connectivity index (χ2n) is 13.3. The Morgan fingerprint density at radius 1 is 1.03 bits per heavy atom. The number of fused-ring (bicyclic) bond motifs is 1. The Morgan fingerprint density at radius 3 is 2.41 bits per heavy atom. The van der Waals surface area contributed by atoms with Gasteiger partial charge in [-0.2, -0.15) is 4.31 Å². The van der Waals surface area contributed by atoms with Gasteiger partial charge in [-0.25, -0.2) is 28.6 Å². The number of phosphoric ester groups is 3. The summed E-state index contributed by atoms with van der Waals surface area (Å²) >= 11 is 1.02. The number of imidazole rings is 1. The molecule has 1 saturated heterocycles. The number of anilines is 1. The lowest BCUT2D eigenvalue weighted by Gasteiger charge is -2.30. The average Bonchev–Trinajstić information content (AvgIpc) is 3.69. The number of ether oxygens (including phenoxy) is 1. The summed E-state index contributed by atoms with van der Waals surface area (Å²) in [6, 6.07) is 0. The van der Waals surface area contributed by atoms with Gasteiger partial charge in [0.15, 0.2) is 22.8 Å². The van der Waals surface area contributed by atoms with Gasteiger partial charge in [-0.15, -0.1) is 0 Å². The highest BCUT2D eigenvalue weighted by atomic mass is 32.2.